The fraction of sp³-hybridized carbons (Fsp3) is 0.312. The van der Waals surface area contributed by atoms with Crippen molar-refractivity contribution in [2.75, 3.05) is 58.3 Å². The van der Waals surface area contributed by atoms with Crippen molar-refractivity contribution < 1.29 is 19.5 Å². The largest absolute Gasteiger partial charge is 0.465 e. The van der Waals surface area contributed by atoms with Gasteiger partial charge in [-0.15, -0.1) is 0 Å². The summed E-state index contributed by atoms with van der Waals surface area (Å²) in [6.07, 6.45) is 5.83. The van der Waals surface area contributed by atoms with Gasteiger partial charge in [-0.05, 0) is 84.8 Å². The van der Waals surface area contributed by atoms with Crippen molar-refractivity contribution in [3.8, 4) is 33.6 Å². The van der Waals surface area contributed by atoms with E-state index in [1.54, 1.807) is 23.2 Å². The molecule has 2 aromatic heterocycles. The minimum Gasteiger partial charge on any atom is -0.465 e. The van der Waals surface area contributed by atoms with E-state index in [9.17, 15) is 19.5 Å². The fourth-order valence-corrected chi connectivity index (χ4v) is 9.08. The van der Waals surface area contributed by atoms with Crippen LogP contribution in [0.3, 0.4) is 0 Å². The van der Waals surface area contributed by atoms with E-state index < -0.39 is 12.1 Å². The van der Waals surface area contributed by atoms with Crippen LogP contribution < -0.4 is 4.90 Å². The first kappa shape index (κ1) is 39.7. The number of rotatable bonds is 10. The van der Waals surface area contributed by atoms with Gasteiger partial charge in [0.25, 0.3) is 11.8 Å². The van der Waals surface area contributed by atoms with Gasteiger partial charge in [0.15, 0.2) is 0 Å². The van der Waals surface area contributed by atoms with Crippen molar-refractivity contribution in [1.82, 2.24) is 39.5 Å². The number of H-pyrrole nitrogens is 2. The zero-order valence-electron chi connectivity index (χ0n) is 34.6. The minimum absolute atomic E-state index is 0.0426. The Morgan fingerprint density at radius 3 is 1.70 bits per heavy atom. The summed E-state index contributed by atoms with van der Waals surface area (Å²) >= 11 is 0. The van der Waals surface area contributed by atoms with Crippen LogP contribution in [0.25, 0.3) is 33.6 Å². The highest BCUT2D eigenvalue weighted by Gasteiger charge is 2.39. The van der Waals surface area contributed by atoms with Gasteiger partial charge >= 0.3 is 6.09 Å². The number of nitrogens with zero attached hydrogens (tertiary/aromatic N) is 7. The molecular formula is C48H51N9O4. The van der Waals surface area contributed by atoms with Gasteiger partial charge in [-0.25, -0.2) is 14.8 Å². The van der Waals surface area contributed by atoms with Gasteiger partial charge in [-0.1, -0.05) is 78.9 Å². The predicted molar refractivity (Wildman–Crippen MR) is 235 cm³/mol. The van der Waals surface area contributed by atoms with Gasteiger partial charge in [-0.3, -0.25) is 14.5 Å². The van der Waals surface area contributed by atoms with E-state index in [4.69, 9.17) is 9.97 Å². The lowest BCUT2D eigenvalue weighted by atomic mass is 10.0. The number of likely N-dealkylation sites (tertiary alicyclic amines) is 2. The number of piperazine rings is 1. The van der Waals surface area contributed by atoms with E-state index >= 15 is 0 Å². The van der Waals surface area contributed by atoms with E-state index in [-0.39, 0.29) is 23.9 Å². The summed E-state index contributed by atoms with van der Waals surface area (Å²) in [6, 6.07) is 32.5. The third-order valence-corrected chi connectivity index (χ3v) is 12.6. The lowest BCUT2D eigenvalue weighted by Gasteiger charge is -2.34. The highest BCUT2D eigenvalue weighted by molar-refractivity contribution is 5.95. The Labute approximate surface area is 355 Å². The summed E-state index contributed by atoms with van der Waals surface area (Å²) in [6.45, 7) is 5.30. The number of hydrogen-bond acceptors (Lipinski definition) is 7. The molecule has 61 heavy (non-hydrogen) atoms. The first-order chi connectivity index (χ1) is 29.7. The molecule has 0 spiro atoms. The Morgan fingerprint density at radius 1 is 0.656 bits per heavy atom. The number of carbonyl (C=O) groups excluding carboxylic acids is 2. The molecule has 0 unspecified atom stereocenters. The van der Waals surface area contributed by atoms with Gasteiger partial charge in [0.05, 0.1) is 35.9 Å². The number of carboxylic acid groups (broad SMARTS) is 1. The van der Waals surface area contributed by atoms with Crippen LogP contribution >= 0.6 is 0 Å². The molecule has 13 nitrogen and oxygen atoms in total. The summed E-state index contributed by atoms with van der Waals surface area (Å²) < 4.78 is 0. The highest BCUT2D eigenvalue weighted by atomic mass is 16.4. The molecule has 6 aromatic rings. The summed E-state index contributed by atoms with van der Waals surface area (Å²) in [7, 11) is 3.59. The molecule has 3 amide bonds. The first-order valence-corrected chi connectivity index (χ1v) is 21.2. The van der Waals surface area contributed by atoms with Crippen LogP contribution in [0.15, 0.2) is 116 Å². The van der Waals surface area contributed by atoms with Gasteiger partial charge in [0.2, 0.25) is 0 Å². The summed E-state index contributed by atoms with van der Waals surface area (Å²) in [4.78, 5) is 65.7. The molecule has 13 heteroatoms. The smallest absolute Gasteiger partial charge is 0.407 e. The maximum atomic E-state index is 14.0. The number of benzene rings is 4. The second-order valence-corrected chi connectivity index (χ2v) is 16.4. The van der Waals surface area contributed by atoms with E-state index in [1.807, 2.05) is 41.4 Å². The van der Waals surface area contributed by atoms with Crippen LogP contribution in [0, 0.1) is 0 Å². The second kappa shape index (κ2) is 17.1. The average Bonchev–Trinajstić information content (AvgIpc) is 4.15. The van der Waals surface area contributed by atoms with E-state index in [2.05, 4.69) is 87.5 Å². The number of amides is 3. The standard InChI is InChI=1S/C48H51N9O4/c1-53-26-28-55(29-27-53)38-22-20-37(21-23-38)46(58)56-24-6-10-41(56)44-49-30-39(51-44)34-16-12-32(13-17-34)33-14-18-35(19-15-33)40-31-50-45(52-40)42-11-7-25-57(42)47(59)43(54(2)48(60)61)36-8-4-3-5-9-36/h3-5,8-9,12-23,30-31,41-43H,6-7,10-11,24-29H2,1-2H3,(H,49,51)(H,50,52)(H,60,61)/t41-,42-,43+/m0/s1. The number of nitrogens with one attached hydrogen (secondary N) is 2. The molecule has 0 radical (unpaired) electrons. The van der Waals surface area contributed by atoms with E-state index in [1.165, 1.54) is 7.05 Å². The first-order valence-electron chi connectivity index (χ1n) is 21.2. The lowest BCUT2D eigenvalue weighted by molar-refractivity contribution is -0.137. The summed E-state index contributed by atoms with van der Waals surface area (Å²) in [5.74, 6) is 1.28. The van der Waals surface area contributed by atoms with E-state index in [0.717, 1.165) is 102 Å². The van der Waals surface area contributed by atoms with Crippen LogP contribution in [-0.4, -0.2) is 116 Å². The number of likely N-dealkylation sites (N-methyl/N-ethyl adjacent to an activating group) is 2. The molecule has 3 aliphatic heterocycles. The summed E-state index contributed by atoms with van der Waals surface area (Å²) in [5, 5.41) is 9.81. The van der Waals surface area contributed by atoms with E-state index in [0.29, 0.717) is 30.0 Å². The van der Waals surface area contributed by atoms with Crippen molar-refractivity contribution in [2.24, 2.45) is 0 Å². The maximum Gasteiger partial charge on any atom is 0.407 e. The maximum absolute atomic E-state index is 14.0. The quantitative estimate of drug-likeness (QED) is 0.127. The third-order valence-electron chi connectivity index (χ3n) is 12.6. The number of hydrogen-bond donors (Lipinski definition) is 3. The Balaban J connectivity index is 0.840. The molecule has 3 aliphatic rings. The number of imidazole rings is 2. The molecular weight excluding hydrogens is 767 g/mol. The molecule has 3 fully saturated rings. The molecule has 0 aliphatic carbocycles. The van der Waals surface area contributed by atoms with Crippen LogP contribution in [0.5, 0.6) is 0 Å². The number of aromatic nitrogens is 4. The van der Waals surface area contributed by atoms with Crippen molar-refractivity contribution >= 4 is 23.6 Å². The zero-order chi connectivity index (χ0) is 42.0. The Kier molecular flexibility index (Phi) is 11.1. The molecule has 3 atom stereocenters. The molecule has 312 valence electrons. The number of carbonyl (C=O) groups is 3. The highest BCUT2D eigenvalue weighted by Crippen LogP contribution is 2.37. The van der Waals surface area contributed by atoms with Crippen LogP contribution in [0.2, 0.25) is 0 Å². The normalized spacial score (nSPS) is 18.7. The molecule has 5 heterocycles. The number of aromatic amines is 2. The minimum atomic E-state index is -1.16. The number of anilines is 1. The van der Waals surface area contributed by atoms with Crippen molar-refractivity contribution in [3.63, 3.8) is 0 Å². The molecule has 3 N–H and O–H groups in total. The molecule has 4 aromatic carbocycles. The SMILES string of the molecule is CN1CCN(c2ccc(C(=O)N3CCC[C@H]3c3ncc(-c4ccc(-c5ccc(-c6cnc([C@@H]7CCCN7C(=O)[C@@H](c7ccccc7)N(C)C(=O)O)[nH]6)cc5)cc4)[nH]3)cc2)CC1. The van der Waals surface area contributed by atoms with Gasteiger partial charge in [-0.2, -0.15) is 0 Å². The molecule has 3 saturated heterocycles. The fourth-order valence-electron chi connectivity index (χ4n) is 9.08. The monoisotopic (exact) mass is 817 g/mol. The van der Waals surface area contributed by atoms with Crippen LogP contribution in [0.1, 0.15) is 71.4 Å². The van der Waals surface area contributed by atoms with Crippen molar-refractivity contribution in [1.29, 1.82) is 0 Å². The third kappa shape index (κ3) is 8.13. The molecule has 0 bridgehead atoms. The predicted octanol–water partition coefficient (Wildman–Crippen LogP) is 7.88. The molecule has 0 saturated carbocycles. The lowest BCUT2D eigenvalue weighted by Crippen LogP contribution is -2.44. The van der Waals surface area contributed by atoms with Gasteiger partial charge < -0.3 is 34.7 Å². The van der Waals surface area contributed by atoms with Crippen LogP contribution in [0.4, 0.5) is 10.5 Å². The topological polar surface area (TPSA) is 145 Å². The van der Waals surface area contributed by atoms with Gasteiger partial charge in [0, 0.05) is 57.6 Å². The van der Waals surface area contributed by atoms with Gasteiger partial charge in [0.1, 0.15) is 17.7 Å². The Hall–Kier alpha value is -6.73. The Morgan fingerprint density at radius 2 is 1.16 bits per heavy atom. The Bertz CT molecular complexity index is 2470. The second-order valence-electron chi connectivity index (χ2n) is 16.4. The summed E-state index contributed by atoms with van der Waals surface area (Å²) in [5.41, 5.74) is 8.39. The van der Waals surface area contributed by atoms with Crippen LogP contribution in [-0.2, 0) is 4.79 Å². The average molecular weight is 818 g/mol. The van der Waals surface area contributed by atoms with Crippen molar-refractivity contribution in [2.45, 2.75) is 43.8 Å². The zero-order valence-corrected chi connectivity index (χ0v) is 34.6. The molecule has 9 rings (SSSR count). The van der Waals surface area contributed by atoms with Crippen molar-refractivity contribution in [3.05, 3.63) is 138 Å².